The molecule has 9 aromatic carbocycles. The molecule has 1 nitrogen and oxygen atoms in total. The Morgan fingerprint density at radius 2 is 0.942 bits per heavy atom. The topological polar surface area (TPSA) is 13.1 Å². The van der Waals surface area contributed by atoms with Crippen LogP contribution in [-0.4, -0.2) is 0 Å². The first kappa shape index (κ1) is 29.3. The Morgan fingerprint density at radius 1 is 0.365 bits per heavy atom. The van der Waals surface area contributed by atoms with E-state index in [4.69, 9.17) is 4.42 Å². The van der Waals surface area contributed by atoms with Gasteiger partial charge in [0.05, 0.1) is 0 Å². The van der Waals surface area contributed by atoms with Gasteiger partial charge < -0.3 is 4.42 Å². The number of fused-ring (bicyclic) bond motifs is 9. The Kier molecular flexibility index (Phi) is 6.08. The van der Waals surface area contributed by atoms with E-state index < -0.39 is 0 Å². The fraction of sp³-hybridized carbons (Fsp3) is 0.0588. The highest BCUT2D eigenvalue weighted by Crippen LogP contribution is 2.55. The lowest BCUT2D eigenvalue weighted by Crippen LogP contribution is -2.14. The van der Waals surface area contributed by atoms with E-state index in [-0.39, 0.29) is 5.41 Å². The summed E-state index contributed by atoms with van der Waals surface area (Å²) in [5.74, 6) is 0. The first-order valence-electron chi connectivity index (χ1n) is 18.2. The van der Waals surface area contributed by atoms with Crippen LogP contribution in [0.4, 0.5) is 0 Å². The summed E-state index contributed by atoms with van der Waals surface area (Å²) in [7, 11) is 0. The molecule has 52 heavy (non-hydrogen) atoms. The van der Waals surface area contributed by atoms with E-state index >= 15 is 0 Å². The van der Waals surface area contributed by atoms with Gasteiger partial charge in [-0.05, 0) is 95.0 Å². The Bertz CT molecular complexity index is 3100. The summed E-state index contributed by atoms with van der Waals surface area (Å²) in [5, 5.41) is 9.70. The molecule has 1 aliphatic carbocycles. The van der Waals surface area contributed by atoms with Gasteiger partial charge in [0.15, 0.2) is 0 Å². The molecule has 0 amide bonds. The Balaban J connectivity index is 1.30. The lowest BCUT2D eigenvalue weighted by atomic mass is 9.80. The minimum absolute atomic E-state index is 0.0966. The third kappa shape index (κ3) is 4.05. The molecule has 1 heteroatoms. The Morgan fingerprint density at radius 3 is 1.81 bits per heavy atom. The third-order valence-electron chi connectivity index (χ3n) is 11.7. The molecule has 0 N–H and O–H groups in total. The van der Waals surface area contributed by atoms with Gasteiger partial charge in [0.1, 0.15) is 11.2 Å². The monoisotopic (exact) mass is 662 g/mol. The maximum atomic E-state index is 6.71. The van der Waals surface area contributed by atoms with Gasteiger partial charge in [-0.15, -0.1) is 0 Å². The highest BCUT2D eigenvalue weighted by molar-refractivity contribution is 6.25. The van der Waals surface area contributed by atoms with Crippen molar-refractivity contribution in [2.24, 2.45) is 0 Å². The van der Waals surface area contributed by atoms with Crippen molar-refractivity contribution in [1.29, 1.82) is 0 Å². The molecule has 1 aromatic heterocycles. The van der Waals surface area contributed by atoms with Crippen molar-refractivity contribution in [1.82, 2.24) is 0 Å². The molecule has 0 spiro atoms. The zero-order valence-electron chi connectivity index (χ0n) is 29.1. The van der Waals surface area contributed by atoms with Gasteiger partial charge in [0, 0.05) is 27.3 Å². The molecule has 1 aliphatic rings. The zero-order chi connectivity index (χ0) is 34.6. The molecule has 244 valence electrons. The SMILES string of the molecule is CC1(C)c2ccccc2-c2c(-c3c4ccccc4c(-c4cccc5c4oc4ccccc45)c4ccc(-c5ccc6ccccc6c5)cc34)cccc21. The molecule has 0 atom stereocenters. The summed E-state index contributed by atoms with van der Waals surface area (Å²) in [6.07, 6.45) is 0. The van der Waals surface area contributed by atoms with Gasteiger partial charge in [-0.2, -0.15) is 0 Å². The summed E-state index contributed by atoms with van der Waals surface area (Å²) in [5.41, 5.74) is 14.5. The van der Waals surface area contributed by atoms with Gasteiger partial charge in [-0.3, -0.25) is 0 Å². The minimum atomic E-state index is -0.0966. The fourth-order valence-corrected chi connectivity index (χ4v) is 9.21. The average Bonchev–Trinajstić information content (AvgIpc) is 3.69. The van der Waals surface area contributed by atoms with E-state index in [1.54, 1.807) is 0 Å². The second-order valence-corrected chi connectivity index (χ2v) is 14.8. The van der Waals surface area contributed by atoms with Crippen LogP contribution in [0.25, 0.3) is 98.8 Å². The molecule has 0 unspecified atom stereocenters. The van der Waals surface area contributed by atoms with Crippen molar-refractivity contribution >= 4 is 54.3 Å². The first-order valence-corrected chi connectivity index (χ1v) is 18.2. The van der Waals surface area contributed by atoms with Crippen molar-refractivity contribution < 1.29 is 4.42 Å². The quantitative estimate of drug-likeness (QED) is 0.172. The number of hydrogen-bond donors (Lipinski definition) is 0. The predicted octanol–water partition coefficient (Wildman–Crippen LogP) is 14.4. The zero-order valence-corrected chi connectivity index (χ0v) is 29.1. The molecule has 0 saturated heterocycles. The second kappa shape index (κ2) is 10.8. The van der Waals surface area contributed by atoms with Gasteiger partial charge in [0.25, 0.3) is 0 Å². The number of para-hydroxylation sites is 2. The van der Waals surface area contributed by atoms with E-state index in [1.807, 2.05) is 0 Å². The van der Waals surface area contributed by atoms with Crippen LogP contribution < -0.4 is 0 Å². The van der Waals surface area contributed by atoms with Crippen molar-refractivity contribution in [3.63, 3.8) is 0 Å². The molecule has 0 fully saturated rings. The van der Waals surface area contributed by atoms with Gasteiger partial charge in [0.2, 0.25) is 0 Å². The summed E-state index contributed by atoms with van der Waals surface area (Å²) in [6, 6.07) is 62.5. The van der Waals surface area contributed by atoms with Crippen molar-refractivity contribution in [2.75, 3.05) is 0 Å². The first-order chi connectivity index (χ1) is 25.6. The number of hydrogen-bond acceptors (Lipinski definition) is 1. The van der Waals surface area contributed by atoms with E-state index in [0.29, 0.717) is 0 Å². The second-order valence-electron chi connectivity index (χ2n) is 14.8. The summed E-state index contributed by atoms with van der Waals surface area (Å²) >= 11 is 0. The summed E-state index contributed by atoms with van der Waals surface area (Å²) in [6.45, 7) is 4.74. The highest BCUT2D eigenvalue weighted by atomic mass is 16.3. The van der Waals surface area contributed by atoms with Crippen LogP contribution in [0.15, 0.2) is 174 Å². The van der Waals surface area contributed by atoms with E-state index in [2.05, 4.69) is 184 Å². The van der Waals surface area contributed by atoms with E-state index in [0.717, 1.165) is 27.5 Å². The number of benzene rings is 9. The lowest BCUT2D eigenvalue weighted by molar-refractivity contribution is 0.660. The fourth-order valence-electron chi connectivity index (χ4n) is 9.21. The smallest absolute Gasteiger partial charge is 0.143 e. The van der Waals surface area contributed by atoms with Crippen molar-refractivity contribution in [3.05, 3.63) is 181 Å². The lowest BCUT2D eigenvalue weighted by Gasteiger charge is -2.23. The molecule has 11 rings (SSSR count). The van der Waals surface area contributed by atoms with Crippen LogP contribution in [0, 0.1) is 0 Å². The molecular formula is C51H34O. The van der Waals surface area contributed by atoms with Crippen LogP contribution in [-0.2, 0) is 5.41 Å². The van der Waals surface area contributed by atoms with Gasteiger partial charge in [-0.1, -0.05) is 166 Å². The normalized spacial score (nSPS) is 13.3. The molecule has 0 aliphatic heterocycles. The average molecular weight is 663 g/mol. The summed E-state index contributed by atoms with van der Waals surface area (Å²) < 4.78 is 6.71. The van der Waals surface area contributed by atoms with Gasteiger partial charge in [-0.25, -0.2) is 0 Å². The van der Waals surface area contributed by atoms with Crippen LogP contribution >= 0.6 is 0 Å². The Labute approximate surface area is 302 Å². The summed E-state index contributed by atoms with van der Waals surface area (Å²) in [4.78, 5) is 0. The van der Waals surface area contributed by atoms with Crippen LogP contribution in [0.5, 0.6) is 0 Å². The Hall–Kier alpha value is -6.44. The van der Waals surface area contributed by atoms with Crippen molar-refractivity contribution in [2.45, 2.75) is 19.3 Å². The molecule has 1 heterocycles. The van der Waals surface area contributed by atoms with E-state index in [9.17, 15) is 0 Å². The van der Waals surface area contributed by atoms with E-state index in [1.165, 1.54) is 82.4 Å². The molecule has 0 radical (unpaired) electrons. The largest absolute Gasteiger partial charge is 0.455 e. The third-order valence-corrected chi connectivity index (χ3v) is 11.7. The van der Waals surface area contributed by atoms with Crippen LogP contribution in [0.1, 0.15) is 25.0 Å². The molecular weight excluding hydrogens is 629 g/mol. The van der Waals surface area contributed by atoms with Crippen LogP contribution in [0.3, 0.4) is 0 Å². The maximum absolute atomic E-state index is 6.71. The molecule has 10 aromatic rings. The van der Waals surface area contributed by atoms with Crippen LogP contribution in [0.2, 0.25) is 0 Å². The predicted molar refractivity (Wildman–Crippen MR) is 220 cm³/mol. The maximum Gasteiger partial charge on any atom is 0.143 e. The number of rotatable bonds is 3. The van der Waals surface area contributed by atoms with Crippen molar-refractivity contribution in [3.8, 4) is 44.5 Å². The molecule has 0 bridgehead atoms. The molecule has 0 saturated carbocycles. The minimum Gasteiger partial charge on any atom is -0.455 e. The van der Waals surface area contributed by atoms with Gasteiger partial charge >= 0.3 is 0 Å². The highest BCUT2D eigenvalue weighted by Gasteiger charge is 2.37. The standard InChI is InChI=1S/C51H34O/c1-51(2)44-22-9-7-18-40(44)49-41(20-12-23-45(49)51)48-37-17-6-5-16-36(37)47(42-21-11-19-39-35-15-8-10-24-46(35)52-50(39)42)38-28-27-34(30-43(38)48)33-26-25-31-13-3-4-14-32(31)29-33/h3-30H,1-2H3. The number of furan rings is 1.